The molecule has 7 heteroatoms. The van der Waals surface area contributed by atoms with E-state index in [9.17, 15) is 14.9 Å². The van der Waals surface area contributed by atoms with E-state index in [2.05, 4.69) is 10.6 Å². The average molecular weight is 298 g/mol. The molecule has 0 spiro atoms. The Hall–Kier alpha value is -1.66. The third kappa shape index (κ3) is 3.26. The van der Waals surface area contributed by atoms with Gasteiger partial charge in [0, 0.05) is 24.2 Å². The maximum absolute atomic E-state index is 12.2. The minimum absolute atomic E-state index is 0.0440. The first-order chi connectivity index (χ1) is 9.49. The summed E-state index contributed by atoms with van der Waals surface area (Å²) in [5.74, 6) is -0.301. The molecule has 2 rings (SSSR count). The number of hydrogen-bond donors (Lipinski definition) is 2. The van der Waals surface area contributed by atoms with Gasteiger partial charge in [0.05, 0.1) is 15.5 Å². The monoisotopic (exact) mass is 297 g/mol. The number of nitro groups is 1. The Labute approximate surface area is 121 Å². The van der Waals surface area contributed by atoms with Crippen molar-refractivity contribution < 1.29 is 9.72 Å². The summed E-state index contributed by atoms with van der Waals surface area (Å²) in [6, 6.07) is 4.10. The molecule has 2 unspecified atom stereocenters. The summed E-state index contributed by atoms with van der Waals surface area (Å²) in [6.45, 7) is 2.97. The highest BCUT2D eigenvalue weighted by atomic mass is 35.5. The van der Waals surface area contributed by atoms with Crippen LogP contribution >= 0.6 is 11.6 Å². The standard InChI is InChI=1S/C13H16ClN3O3/c1-8-12(3-2-6-15-8)16-13(18)10-5-4-9(17(19)20)7-11(10)14/h4-5,7-8,12,15H,2-3,6H2,1H3,(H,16,18). The van der Waals surface area contributed by atoms with Crippen LogP contribution in [0.1, 0.15) is 30.1 Å². The molecule has 1 saturated heterocycles. The second kappa shape index (κ2) is 6.19. The number of carbonyl (C=O) groups is 1. The number of non-ortho nitro benzene ring substituents is 1. The Balaban J connectivity index is 2.11. The second-order valence-corrected chi connectivity index (χ2v) is 5.29. The lowest BCUT2D eigenvalue weighted by atomic mass is 9.99. The van der Waals surface area contributed by atoms with Gasteiger partial charge in [-0.3, -0.25) is 14.9 Å². The normalized spacial score (nSPS) is 22.3. The highest BCUT2D eigenvalue weighted by Crippen LogP contribution is 2.22. The lowest BCUT2D eigenvalue weighted by Crippen LogP contribution is -2.51. The Morgan fingerprint density at radius 1 is 1.55 bits per heavy atom. The molecule has 1 heterocycles. The molecule has 6 nitrogen and oxygen atoms in total. The molecule has 1 aliphatic rings. The number of benzene rings is 1. The van der Waals surface area contributed by atoms with E-state index in [1.54, 1.807) is 0 Å². The fourth-order valence-electron chi connectivity index (χ4n) is 2.29. The lowest BCUT2D eigenvalue weighted by Gasteiger charge is -2.30. The van der Waals surface area contributed by atoms with E-state index in [1.807, 2.05) is 6.92 Å². The number of amides is 1. The predicted octanol–water partition coefficient (Wildman–Crippen LogP) is 2.12. The Bertz CT molecular complexity index is 536. The molecule has 20 heavy (non-hydrogen) atoms. The first-order valence-electron chi connectivity index (χ1n) is 6.47. The van der Waals surface area contributed by atoms with E-state index >= 15 is 0 Å². The zero-order valence-corrected chi connectivity index (χ0v) is 11.8. The van der Waals surface area contributed by atoms with Crippen molar-refractivity contribution in [1.82, 2.24) is 10.6 Å². The van der Waals surface area contributed by atoms with Crippen LogP contribution in [0.3, 0.4) is 0 Å². The lowest BCUT2D eigenvalue weighted by molar-refractivity contribution is -0.384. The number of nitrogens with zero attached hydrogens (tertiary/aromatic N) is 1. The summed E-state index contributed by atoms with van der Waals surface area (Å²) in [4.78, 5) is 22.3. The molecule has 1 fully saturated rings. The van der Waals surface area contributed by atoms with Gasteiger partial charge in [0.15, 0.2) is 0 Å². The van der Waals surface area contributed by atoms with Crippen molar-refractivity contribution in [2.45, 2.75) is 31.8 Å². The van der Waals surface area contributed by atoms with E-state index in [-0.39, 0.29) is 34.3 Å². The van der Waals surface area contributed by atoms with Gasteiger partial charge in [-0.1, -0.05) is 11.6 Å². The minimum atomic E-state index is -0.541. The fourth-order valence-corrected chi connectivity index (χ4v) is 2.55. The van der Waals surface area contributed by atoms with Crippen molar-refractivity contribution in [2.75, 3.05) is 6.54 Å². The van der Waals surface area contributed by atoms with Crippen molar-refractivity contribution in [3.8, 4) is 0 Å². The van der Waals surface area contributed by atoms with Crippen LogP contribution in [0.5, 0.6) is 0 Å². The number of halogens is 1. The van der Waals surface area contributed by atoms with Crippen molar-refractivity contribution in [3.63, 3.8) is 0 Å². The first-order valence-corrected chi connectivity index (χ1v) is 6.85. The quantitative estimate of drug-likeness (QED) is 0.661. The maximum Gasteiger partial charge on any atom is 0.270 e. The van der Waals surface area contributed by atoms with E-state index in [0.717, 1.165) is 19.4 Å². The summed E-state index contributed by atoms with van der Waals surface area (Å²) < 4.78 is 0. The number of hydrogen-bond acceptors (Lipinski definition) is 4. The number of nitro benzene ring substituents is 1. The third-order valence-corrected chi connectivity index (χ3v) is 3.80. The van der Waals surface area contributed by atoms with Gasteiger partial charge in [-0.25, -0.2) is 0 Å². The molecular weight excluding hydrogens is 282 g/mol. The first kappa shape index (κ1) is 14.7. The number of nitrogens with one attached hydrogen (secondary N) is 2. The second-order valence-electron chi connectivity index (χ2n) is 4.89. The zero-order chi connectivity index (χ0) is 14.7. The van der Waals surface area contributed by atoms with Crippen LogP contribution in [-0.2, 0) is 0 Å². The van der Waals surface area contributed by atoms with Crippen molar-refractivity contribution in [3.05, 3.63) is 38.9 Å². The minimum Gasteiger partial charge on any atom is -0.348 e. The molecular formula is C13H16ClN3O3. The highest BCUT2D eigenvalue weighted by molar-refractivity contribution is 6.34. The van der Waals surface area contributed by atoms with Crippen molar-refractivity contribution in [1.29, 1.82) is 0 Å². The summed E-state index contributed by atoms with van der Waals surface area (Å²) in [6.07, 6.45) is 1.91. The van der Waals surface area contributed by atoms with Crippen LogP contribution in [0.2, 0.25) is 5.02 Å². The number of carbonyl (C=O) groups excluding carboxylic acids is 1. The number of rotatable bonds is 3. The highest BCUT2D eigenvalue weighted by Gasteiger charge is 2.24. The Morgan fingerprint density at radius 2 is 2.30 bits per heavy atom. The fraction of sp³-hybridized carbons (Fsp3) is 0.462. The van der Waals surface area contributed by atoms with Gasteiger partial charge in [0.25, 0.3) is 11.6 Å². The van der Waals surface area contributed by atoms with Crippen molar-refractivity contribution in [2.24, 2.45) is 0 Å². The van der Waals surface area contributed by atoms with Gasteiger partial charge >= 0.3 is 0 Å². The van der Waals surface area contributed by atoms with Gasteiger partial charge in [0.1, 0.15) is 0 Å². The molecule has 0 aliphatic carbocycles. The van der Waals surface area contributed by atoms with Gasteiger partial charge in [0.2, 0.25) is 0 Å². The molecule has 0 radical (unpaired) electrons. The molecule has 2 atom stereocenters. The third-order valence-electron chi connectivity index (χ3n) is 3.49. The summed E-state index contributed by atoms with van der Waals surface area (Å²) in [5.41, 5.74) is 0.134. The maximum atomic E-state index is 12.2. The molecule has 1 aromatic carbocycles. The molecule has 1 amide bonds. The Kier molecular flexibility index (Phi) is 4.57. The smallest absolute Gasteiger partial charge is 0.270 e. The van der Waals surface area contributed by atoms with Crippen LogP contribution < -0.4 is 10.6 Å². The molecule has 0 saturated carbocycles. The average Bonchev–Trinajstić information content (AvgIpc) is 2.41. The van der Waals surface area contributed by atoms with Crippen LogP contribution in [0.25, 0.3) is 0 Å². The van der Waals surface area contributed by atoms with Gasteiger partial charge in [-0.15, -0.1) is 0 Å². The molecule has 2 N–H and O–H groups in total. The summed E-state index contributed by atoms with van der Waals surface area (Å²) in [5, 5.41) is 16.9. The van der Waals surface area contributed by atoms with Crippen LogP contribution in [0, 0.1) is 10.1 Å². The predicted molar refractivity (Wildman–Crippen MR) is 76.1 cm³/mol. The van der Waals surface area contributed by atoms with Crippen LogP contribution in [0.15, 0.2) is 18.2 Å². The summed E-state index contributed by atoms with van der Waals surface area (Å²) >= 11 is 5.94. The van der Waals surface area contributed by atoms with Gasteiger partial charge < -0.3 is 10.6 Å². The van der Waals surface area contributed by atoms with E-state index in [4.69, 9.17) is 11.6 Å². The Morgan fingerprint density at radius 3 is 2.90 bits per heavy atom. The van der Waals surface area contributed by atoms with Gasteiger partial charge in [-0.2, -0.15) is 0 Å². The van der Waals surface area contributed by atoms with E-state index < -0.39 is 4.92 Å². The zero-order valence-electron chi connectivity index (χ0n) is 11.1. The molecule has 108 valence electrons. The molecule has 0 aromatic heterocycles. The SMILES string of the molecule is CC1NCCCC1NC(=O)c1ccc([N+](=O)[O-])cc1Cl. The van der Waals surface area contributed by atoms with Crippen LogP contribution in [0.4, 0.5) is 5.69 Å². The molecule has 0 bridgehead atoms. The number of piperidine rings is 1. The van der Waals surface area contributed by atoms with E-state index in [1.165, 1.54) is 18.2 Å². The van der Waals surface area contributed by atoms with Gasteiger partial charge in [-0.05, 0) is 32.4 Å². The topological polar surface area (TPSA) is 84.3 Å². The molecule has 1 aliphatic heterocycles. The van der Waals surface area contributed by atoms with E-state index in [0.29, 0.717) is 0 Å². The van der Waals surface area contributed by atoms with Crippen molar-refractivity contribution >= 4 is 23.2 Å². The summed E-state index contributed by atoms with van der Waals surface area (Å²) in [7, 11) is 0. The van der Waals surface area contributed by atoms with Crippen LogP contribution in [-0.4, -0.2) is 29.5 Å². The molecule has 1 aromatic rings. The largest absolute Gasteiger partial charge is 0.348 e.